The zero-order valence-electron chi connectivity index (χ0n) is 9.62. The molecule has 7 heteroatoms. The van der Waals surface area contributed by atoms with E-state index in [-0.39, 0.29) is 17.7 Å². The molecule has 96 valence electrons. The second kappa shape index (κ2) is 5.51. The zero-order chi connectivity index (χ0) is 13.8. The molecule has 1 aromatic carbocycles. The van der Waals surface area contributed by atoms with Crippen LogP contribution in [0.2, 0.25) is 0 Å². The van der Waals surface area contributed by atoms with Crippen LogP contribution < -0.4 is 4.72 Å². The molecule has 0 spiro atoms. The predicted molar refractivity (Wildman–Crippen MR) is 65.6 cm³/mol. The largest absolute Gasteiger partial charge is 0.478 e. The summed E-state index contributed by atoms with van der Waals surface area (Å²) in [5.74, 6) is -1.09. The molecule has 0 saturated carbocycles. The molecule has 1 atom stereocenters. The lowest BCUT2D eigenvalue weighted by atomic mass is 10.2. The van der Waals surface area contributed by atoms with Gasteiger partial charge in [0.15, 0.2) is 5.25 Å². The first kappa shape index (κ1) is 14.0. The number of sulfonamides is 1. The summed E-state index contributed by atoms with van der Waals surface area (Å²) >= 11 is 0. The van der Waals surface area contributed by atoms with Crippen LogP contribution in [-0.2, 0) is 10.0 Å². The van der Waals surface area contributed by atoms with Gasteiger partial charge in [0.2, 0.25) is 10.0 Å². The number of carboxylic acids is 1. The highest BCUT2D eigenvalue weighted by Gasteiger charge is 2.23. The molecule has 0 aliphatic rings. The first-order valence-corrected chi connectivity index (χ1v) is 6.70. The van der Waals surface area contributed by atoms with Crippen LogP contribution in [0.1, 0.15) is 23.7 Å². The summed E-state index contributed by atoms with van der Waals surface area (Å²) in [6.07, 6.45) is 0.180. The highest BCUT2D eigenvalue weighted by molar-refractivity contribution is 7.93. The molecule has 0 fully saturated rings. The zero-order valence-corrected chi connectivity index (χ0v) is 10.4. The maximum Gasteiger partial charge on any atom is 0.335 e. The minimum atomic E-state index is -3.77. The summed E-state index contributed by atoms with van der Waals surface area (Å²) in [5.41, 5.74) is 0.291. The second-order valence-corrected chi connectivity index (χ2v) is 5.42. The molecule has 0 bridgehead atoms. The van der Waals surface area contributed by atoms with Gasteiger partial charge >= 0.3 is 5.97 Å². The Morgan fingerprint density at radius 3 is 2.39 bits per heavy atom. The van der Waals surface area contributed by atoms with Gasteiger partial charge in [-0.2, -0.15) is 5.26 Å². The van der Waals surface area contributed by atoms with Gasteiger partial charge in [0.1, 0.15) is 0 Å². The molecule has 2 N–H and O–H groups in total. The van der Waals surface area contributed by atoms with E-state index in [1.165, 1.54) is 24.3 Å². The number of anilines is 1. The lowest BCUT2D eigenvalue weighted by Gasteiger charge is -2.11. The Bertz CT molecular complexity index is 572. The number of hydrogen-bond donors (Lipinski definition) is 2. The van der Waals surface area contributed by atoms with Gasteiger partial charge in [-0.25, -0.2) is 13.2 Å². The molecule has 1 unspecified atom stereocenters. The molecule has 0 aliphatic carbocycles. The van der Waals surface area contributed by atoms with E-state index in [2.05, 4.69) is 4.72 Å². The van der Waals surface area contributed by atoms with E-state index in [4.69, 9.17) is 10.4 Å². The Kier molecular flexibility index (Phi) is 4.28. The molecule has 0 radical (unpaired) electrons. The summed E-state index contributed by atoms with van der Waals surface area (Å²) in [6.45, 7) is 1.60. The Morgan fingerprint density at radius 2 is 2.00 bits per heavy atom. The smallest absolute Gasteiger partial charge is 0.335 e. The lowest BCUT2D eigenvalue weighted by Crippen LogP contribution is -2.25. The number of carbonyl (C=O) groups is 1. The number of carboxylic acid groups (broad SMARTS) is 1. The summed E-state index contributed by atoms with van der Waals surface area (Å²) in [4.78, 5) is 10.6. The van der Waals surface area contributed by atoms with Gasteiger partial charge in [0.25, 0.3) is 0 Å². The van der Waals surface area contributed by atoms with Crippen molar-refractivity contribution in [1.29, 1.82) is 5.26 Å². The van der Waals surface area contributed by atoms with Crippen LogP contribution >= 0.6 is 0 Å². The van der Waals surface area contributed by atoms with Crippen molar-refractivity contribution in [3.05, 3.63) is 29.8 Å². The number of nitrogens with one attached hydrogen (secondary N) is 1. The third-order valence-corrected chi connectivity index (χ3v) is 3.99. The van der Waals surface area contributed by atoms with Gasteiger partial charge in [0.05, 0.1) is 11.6 Å². The Morgan fingerprint density at radius 1 is 1.44 bits per heavy atom. The highest BCUT2D eigenvalue weighted by atomic mass is 32.2. The highest BCUT2D eigenvalue weighted by Crippen LogP contribution is 2.14. The van der Waals surface area contributed by atoms with Crippen LogP contribution in [0.3, 0.4) is 0 Å². The minimum Gasteiger partial charge on any atom is -0.478 e. The van der Waals surface area contributed by atoms with Gasteiger partial charge in [-0.1, -0.05) is 6.92 Å². The van der Waals surface area contributed by atoms with Gasteiger partial charge < -0.3 is 5.11 Å². The van der Waals surface area contributed by atoms with Crippen molar-refractivity contribution in [2.75, 3.05) is 4.72 Å². The van der Waals surface area contributed by atoms with E-state index >= 15 is 0 Å². The Balaban J connectivity index is 2.92. The quantitative estimate of drug-likeness (QED) is 0.839. The number of rotatable bonds is 5. The van der Waals surface area contributed by atoms with E-state index in [0.717, 1.165) is 0 Å². The summed E-state index contributed by atoms with van der Waals surface area (Å²) in [6, 6.07) is 6.94. The minimum absolute atomic E-state index is 0.0604. The summed E-state index contributed by atoms with van der Waals surface area (Å²) in [5, 5.41) is 16.3. The molecule has 0 heterocycles. The third kappa shape index (κ3) is 3.21. The fourth-order valence-electron chi connectivity index (χ4n) is 1.30. The van der Waals surface area contributed by atoms with Gasteiger partial charge in [-0.05, 0) is 30.7 Å². The normalized spacial score (nSPS) is 12.4. The first-order chi connectivity index (χ1) is 8.40. The summed E-state index contributed by atoms with van der Waals surface area (Å²) < 4.78 is 25.7. The van der Waals surface area contributed by atoms with Crippen molar-refractivity contribution in [3.8, 4) is 6.07 Å². The maximum absolute atomic E-state index is 11.7. The molecular weight excluding hydrogens is 256 g/mol. The second-order valence-electron chi connectivity index (χ2n) is 3.56. The van der Waals surface area contributed by atoms with Crippen LogP contribution in [0, 0.1) is 11.3 Å². The van der Waals surface area contributed by atoms with Crippen molar-refractivity contribution < 1.29 is 18.3 Å². The SMILES string of the molecule is CCC(C#N)S(=O)(=O)Nc1ccc(C(=O)O)cc1. The van der Waals surface area contributed by atoms with Crippen molar-refractivity contribution in [3.63, 3.8) is 0 Å². The molecule has 0 aromatic heterocycles. The maximum atomic E-state index is 11.7. The average Bonchev–Trinajstić information content (AvgIpc) is 2.30. The predicted octanol–water partition coefficient (Wildman–Crippen LogP) is 1.43. The van der Waals surface area contributed by atoms with Gasteiger partial charge in [-0.15, -0.1) is 0 Å². The van der Waals surface area contributed by atoms with Crippen molar-refractivity contribution >= 4 is 21.7 Å². The summed E-state index contributed by atoms with van der Waals surface area (Å²) in [7, 11) is -3.77. The molecule has 0 saturated heterocycles. The van der Waals surface area contributed by atoms with Crippen LogP contribution in [0.4, 0.5) is 5.69 Å². The molecule has 6 nitrogen and oxygen atoms in total. The van der Waals surface area contributed by atoms with Crippen molar-refractivity contribution in [1.82, 2.24) is 0 Å². The van der Waals surface area contributed by atoms with Gasteiger partial charge in [-0.3, -0.25) is 4.72 Å². The Labute approximate surface area is 105 Å². The van der Waals surface area contributed by atoms with Crippen molar-refractivity contribution in [2.24, 2.45) is 0 Å². The first-order valence-electron chi connectivity index (χ1n) is 5.15. The average molecular weight is 268 g/mol. The number of hydrogen-bond acceptors (Lipinski definition) is 4. The van der Waals surface area contributed by atoms with E-state index < -0.39 is 21.2 Å². The van der Waals surface area contributed by atoms with Crippen LogP contribution in [0.15, 0.2) is 24.3 Å². The fourth-order valence-corrected chi connectivity index (χ4v) is 2.48. The standard InChI is InChI=1S/C11H12N2O4S/c1-2-10(7-12)18(16,17)13-9-5-3-8(4-6-9)11(14)15/h3-6,10,13H,2H2,1H3,(H,14,15). The number of aromatic carboxylic acids is 1. The monoisotopic (exact) mass is 268 g/mol. The van der Waals surface area contributed by atoms with E-state index in [0.29, 0.717) is 0 Å². The van der Waals surface area contributed by atoms with E-state index in [9.17, 15) is 13.2 Å². The number of nitrogens with zero attached hydrogens (tertiary/aromatic N) is 1. The van der Waals surface area contributed by atoms with Crippen LogP contribution in [0.5, 0.6) is 0 Å². The molecule has 0 aliphatic heterocycles. The molecule has 18 heavy (non-hydrogen) atoms. The molecule has 1 aromatic rings. The van der Waals surface area contributed by atoms with Gasteiger partial charge in [0, 0.05) is 5.69 Å². The van der Waals surface area contributed by atoms with E-state index in [1.54, 1.807) is 13.0 Å². The van der Waals surface area contributed by atoms with Crippen LogP contribution in [0.25, 0.3) is 0 Å². The van der Waals surface area contributed by atoms with Crippen molar-refractivity contribution in [2.45, 2.75) is 18.6 Å². The number of nitriles is 1. The number of benzene rings is 1. The fraction of sp³-hybridized carbons (Fsp3) is 0.273. The molecule has 1 rings (SSSR count). The molecular formula is C11H12N2O4S. The topological polar surface area (TPSA) is 107 Å². The lowest BCUT2D eigenvalue weighted by molar-refractivity contribution is 0.0697. The third-order valence-electron chi connectivity index (χ3n) is 2.28. The van der Waals surface area contributed by atoms with Crippen LogP contribution in [-0.4, -0.2) is 24.7 Å². The Hall–Kier alpha value is -2.07. The molecule has 0 amide bonds. The van der Waals surface area contributed by atoms with E-state index in [1.807, 2.05) is 0 Å².